The first-order valence-corrected chi connectivity index (χ1v) is 8.38. The van der Waals surface area contributed by atoms with Crippen LogP contribution in [0.4, 0.5) is 4.39 Å². The Bertz CT molecular complexity index is 875. The third kappa shape index (κ3) is 6.49. The molecule has 0 aliphatic carbocycles. The number of rotatable bonds is 5. The molecule has 0 aliphatic heterocycles. The Morgan fingerprint density at radius 3 is 2.32 bits per heavy atom. The average Bonchev–Trinajstić information content (AvgIpc) is 2.68. The van der Waals surface area contributed by atoms with Crippen molar-refractivity contribution in [2.24, 2.45) is 4.99 Å². The zero-order valence-corrected chi connectivity index (χ0v) is 18.3. The van der Waals surface area contributed by atoms with Crippen molar-refractivity contribution in [2.75, 3.05) is 21.1 Å². The summed E-state index contributed by atoms with van der Waals surface area (Å²) in [6.45, 7) is 0.749. The van der Waals surface area contributed by atoms with Gasteiger partial charge in [-0.3, -0.25) is 9.79 Å². The van der Waals surface area contributed by atoms with E-state index in [4.69, 9.17) is 5.26 Å². The van der Waals surface area contributed by atoms with Crippen LogP contribution in [0.1, 0.15) is 27.0 Å². The summed E-state index contributed by atoms with van der Waals surface area (Å²) in [4.78, 5) is 17.5. The molecule has 1 amide bonds. The number of guanidine groups is 1. The number of benzene rings is 2. The van der Waals surface area contributed by atoms with Gasteiger partial charge < -0.3 is 15.5 Å². The van der Waals surface area contributed by atoms with Crippen molar-refractivity contribution in [2.45, 2.75) is 13.1 Å². The van der Waals surface area contributed by atoms with Gasteiger partial charge in [-0.2, -0.15) is 5.26 Å². The van der Waals surface area contributed by atoms with Gasteiger partial charge in [0.15, 0.2) is 5.96 Å². The third-order valence-electron chi connectivity index (χ3n) is 3.92. The Morgan fingerprint density at radius 2 is 1.79 bits per heavy atom. The van der Waals surface area contributed by atoms with E-state index in [0.717, 1.165) is 5.56 Å². The number of hydrogen-bond acceptors (Lipinski definition) is 3. The van der Waals surface area contributed by atoms with Gasteiger partial charge in [0.05, 0.1) is 11.6 Å². The molecular formula is C20H23FIN5O. The van der Waals surface area contributed by atoms with Crippen molar-refractivity contribution >= 4 is 35.8 Å². The zero-order chi connectivity index (χ0) is 19.8. The van der Waals surface area contributed by atoms with Gasteiger partial charge in [-0.15, -0.1) is 24.0 Å². The third-order valence-corrected chi connectivity index (χ3v) is 3.92. The van der Waals surface area contributed by atoms with E-state index >= 15 is 0 Å². The van der Waals surface area contributed by atoms with Crippen LogP contribution >= 0.6 is 24.0 Å². The number of hydrogen-bond donors (Lipinski definition) is 2. The van der Waals surface area contributed by atoms with Gasteiger partial charge in [0.25, 0.3) is 5.91 Å². The summed E-state index contributed by atoms with van der Waals surface area (Å²) < 4.78 is 13.9. The maximum atomic E-state index is 13.9. The highest BCUT2D eigenvalue weighted by molar-refractivity contribution is 14.0. The number of halogens is 2. The SMILES string of the molecule is CN=C(NCc1ccc(C(=O)N(C)C)cc1)NCc1ccc(C#N)cc1F.I. The highest BCUT2D eigenvalue weighted by atomic mass is 127. The molecule has 148 valence electrons. The van der Waals surface area contributed by atoms with Crippen LogP contribution in [-0.2, 0) is 13.1 Å². The number of nitrogens with one attached hydrogen (secondary N) is 2. The summed E-state index contributed by atoms with van der Waals surface area (Å²) in [6.07, 6.45) is 0. The molecule has 0 saturated heterocycles. The molecule has 0 aromatic heterocycles. The number of nitriles is 1. The Balaban J connectivity index is 0.00000392. The molecule has 0 unspecified atom stereocenters. The van der Waals surface area contributed by atoms with Gasteiger partial charge in [0, 0.05) is 45.4 Å². The number of aliphatic imine (C=N–C) groups is 1. The molecule has 6 nitrogen and oxygen atoms in total. The summed E-state index contributed by atoms with van der Waals surface area (Å²) in [5.41, 5.74) is 2.35. The summed E-state index contributed by atoms with van der Waals surface area (Å²) in [5, 5.41) is 15.0. The van der Waals surface area contributed by atoms with E-state index < -0.39 is 5.82 Å². The highest BCUT2D eigenvalue weighted by Gasteiger charge is 2.08. The predicted octanol–water partition coefficient (Wildman–Crippen LogP) is 2.88. The smallest absolute Gasteiger partial charge is 0.253 e. The van der Waals surface area contributed by atoms with Crippen LogP contribution in [0.25, 0.3) is 0 Å². The van der Waals surface area contributed by atoms with Crippen molar-refractivity contribution in [1.82, 2.24) is 15.5 Å². The minimum absolute atomic E-state index is 0. The van der Waals surface area contributed by atoms with Crippen molar-refractivity contribution in [1.29, 1.82) is 5.26 Å². The predicted molar refractivity (Wildman–Crippen MR) is 118 cm³/mol. The van der Waals surface area contributed by atoms with Crippen LogP contribution in [0.2, 0.25) is 0 Å². The number of carbonyl (C=O) groups is 1. The lowest BCUT2D eigenvalue weighted by Crippen LogP contribution is -2.36. The quantitative estimate of drug-likeness (QED) is 0.380. The second-order valence-electron chi connectivity index (χ2n) is 6.09. The Hall–Kier alpha value is -2.67. The molecule has 0 fully saturated rings. The van der Waals surface area contributed by atoms with Crippen LogP contribution in [0.15, 0.2) is 47.5 Å². The van der Waals surface area contributed by atoms with Crippen molar-refractivity contribution in [3.8, 4) is 6.07 Å². The molecule has 0 bridgehead atoms. The second kappa shape index (κ2) is 11.2. The van der Waals surface area contributed by atoms with E-state index in [1.807, 2.05) is 18.2 Å². The molecule has 2 aromatic rings. The number of nitrogens with zero attached hydrogens (tertiary/aromatic N) is 3. The lowest BCUT2D eigenvalue weighted by molar-refractivity contribution is 0.0827. The molecule has 0 radical (unpaired) electrons. The number of carbonyl (C=O) groups excluding carboxylic acids is 1. The van der Waals surface area contributed by atoms with Gasteiger partial charge in [0.2, 0.25) is 0 Å². The van der Waals surface area contributed by atoms with Gasteiger partial charge in [0.1, 0.15) is 5.82 Å². The normalized spacial score (nSPS) is 10.5. The summed E-state index contributed by atoms with van der Waals surface area (Å²) in [6, 6.07) is 13.6. The largest absolute Gasteiger partial charge is 0.352 e. The minimum Gasteiger partial charge on any atom is -0.352 e. The zero-order valence-electron chi connectivity index (χ0n) is 16.0. The van der Waals surface area contributed by atoms with Crippen LogP contribution in [0.5, 0.6) is 0 Å². The molecule has 2 rings (SSSR count). The van der Waals surface area contributed by atoms with E-state index in [1.54, 1.807) is 45.4 Å². The first-order valence-electron chi connectivity index (χ1n) is 8.38. The van der Waals surface area contributed by atoms with Gasteiger partial charge in [-0.1, -0.05) is 18.2 Å². The van der Waals surface area contributed by atoms with Crippen molar-refractivity contribution < 1.29 is 9.18 Å². The first-order chi connectivity index (χ1) is 12.9. The molecule has 0 saturated carbocycles. The van der Waals surface area contributed by atoms with Gasteiger partial charge >= 0.3 is 0 Å². The highest BCUT2D eigenvalue weighted by Crippen LogP contribution is 2.10. The maximum Gasteiger partial charge on any atom is 0.253 e. The lowest BCUT2D eigenvalue weighted by atomic mass is 10.1. The molecule has 2 N–H and O–H groups in total. The molecule has 0 heterocycles. The van der Waals surface area contributed by atoms with Crippen LogP contribution < -0.4 is 10.6 Å². The van der Waals surface area contributed by atoms with Crippen LogP contribution in [0.3, 0.4) is 0 Å². The fourth-order valence-electron chi connectivity index (χ4n) is 2.37. The minimum atomic E-state index is -0.432. The molecule has 0 aliphatic rings. The fourth-order valence-corrected chi connectivity index (χ4v) is 2.37. The van der Waals surface area contributed by atoms with Crippen molar-refractivity contribution in [3.05, 3.63) is 70.5 Å². The fraction of sp³-hybridized carbons (Fsp3) is 0.250. The van der Waals surface area contributed by atoms with Crippen LogP contribution in [-0.4, -0.2) is 37.9 Å². The molecular weight excluding hydrogens is 472 g/mol. The summed E-state index contributed by atoms with van der Waals surface area (Å²) >= 11 is 0. The van der Waals surface area contributed by atoms with Gasteiger partial charge in [-0.25, -0.2) is 4.39 Å². The monoisotopic (exact) mass is 495 g/mol. The second-order valence-corrected chi connectivity index (χ2v) is 6.09. The summed E-state index contributed by atoms with van der Waals surface area (Å²) in [5.74, 6) is 0.0433. The van der Waals surface area contributed by atoms with E-state index in [2.05, 4.69) is 15.6 Å². The Morgan fingerprint density at radius 1 is 1.14 bits per heavy atom. The molecule has 8 heteroatoms. The van der Waals surface area contributed by atoms with E-state index in [0.29, 0.717) is 23.6 Å². The maximum absolute atomic E-state index is 13.9. The molecule has 2 aromatic carbocycles. The van der Waals surface area contributed by atoms with E-state index in [9.17, 15) is 9.18 Å². The molecule has 0 spiro atoms. The Kier molecular flexibility index (Phi) is 9.38. The van der Waals surface area contributed by atoms with E-state index in [1.165, 1.54) is 11.0 Å². The lowest BCUT2D eigenvalue weighted by Gasteiger charge is -2.13. The standard InChI is InChI=1S/C20H22FN5O.HI/c1-23-20(25-13-17-9-6-15(11-22)10-18(17)21)24-12-14-4-7-16(8-5-14)19(27)26(2)3;/h4-10H,12-13H2,1-3H3,(H2,23,24,25);1H. The van der Waals surface area contributed by atoms with Crippen LogP contribution in [0, 0.1) is 17.1 Å². The molecule has 28 heavy (non-hydrogen) atoms. The summed E-state index contributed by atoms with van der Waals surface area (Å²) in [7, 11) is 5.05. The average molecular weight is 495 g/mol. The first kappa shape index (κ1) is 23.4. The van der Waals surface area contributed by atoms with Crippen molar-refractivity contribution in [3.63, 3.8) is 0 Å². The number of amides is 1. The van der Waals surface area contributed by atoms with Gasteiger partial charge in [-0.05, 0) is 29.8 Å². The van der Waals surface area contributed by atoms with E-state index in [-0.39, 0.29) is 42.0 Å². The Labute approximate surface area is 181 Å². The molecule has 0 atom stereocenters. The topological polar surface area (TPSA) is 80.5 Å².